The predicted molar refractivity (Wildman–Crippen MR) is 53.8 cm³/mol. The van der Waals surface area contributed by atoms with E-state index in [-0.39, 0.29) is 5.56 Å². The van der Waals surface area contributed by atoms with Gasteiger partial charge in [-0.15, -0.1) is 0 Å². The Bertz CT molecular complexity index is 428. The van der Waals surface area contributed by atoms with Crippen LogP contribution in [0.4, 0.5) is 0 Å². The lowest BCUT2D eigenvalue weighted by Crippen LogP contribution is -2.26. The fraction of sp³-hybridized carbons (Fsp3) is 0.600. The molecule has 2 rings (SSSR count). The fourth-order valence-electron chi connectivity index (χ4n) is 1.60. The molecule has 0 aliphatic heterocycles. The Morgan fingerprint density at radius 3 is 2.87 bits per heavy atom. The van der Waals surface area contributed by atoms with Crippen LogP contribution in [0.1, 0.15) is 37.4 Å². The second kappa shape index (κ2) is 3.56. The van der Waals surface area contributed by atoms with Crippen molar-refractivity contribution in [2.75, 3.05) is 7.11 Å². The topological polar surface area (TPSA) is 64.1 Å². The van der Waals surface area contributed by atoms with Crippen molar-refractivity contribution >= 4 is 5.97 Å². The lowest BCUT2D eigenvalue weighted by atomic mass is 10.3. The van der Waals surface area contributed by atoms with E-state index in [1.54, 1.807) is 13.0 Å². The molecule has 82 valence electrons. The summed E-state index contributed by atoms with van der Waals surface area (Å²) in [7, 11) is 1.31. The van der Waals surface area contributed by atoms with E-state index in [0.717, 1.165) is 18.5 Å². The molecule has 0 saturated heterocycles. The number of hydrogen-bond acceptors (Lipinski definition) is 3. The summed E-state index contributed by atoms with van der Waals surface area (Å²) < 4.78 is 5.91. The third-order valence-corrected chi connectivity index (χ3v) is 2.71. The quantitative estimate of drug-likeness (QED) is 0.750. The maximum atomic E-state index is 11.6. The minimum absolute atomic E-state index is 0.171. The van der Waals surface area contributed by atoms with Crippen LogP contribution in [-0.2, 0) is 9.53 Å². The lowest BCUT2D eigenvalue weighted by Gasteiger charge is -2.09. The zero-order chi connectivity index (χ0) is 11.0. The number of rotatable bonds is 3. The molecule has 0 amide bonds. The van der Waals surface area contributed by atoms with Gasteiger partial charge >= 0.3 is 5.97 Å². The molecular weight excluding hydrogens is 196 g/mol. The molecule has 1 atom stereocenters. The van der Waals surface area contributed by atoms with E-state index in [1.165, 1.54) is 11.8 Å². The summed E-state index contributed by atoms with van der Waals surface area (Å²) in [6.45, 7) is 1.64. The summed E-state index contributed by atoms with van der Waals surface area (Å²) in [5, 5.41) is 2.96. The number of aromatic nitrogens is 2. The van der Waals surface area contributed by atoms with Crippen LogP contribution in [0.2, 0.25) is 0 Å². The smallest absolute Gasteiger partial charge is 0.330 e. The minimum Gasteiger partial charge on any atom is -0.467 e. The average Bonchev–Trinajstić information content (AvgIpc) is 3.00. The van der Waals surface area contributed by atoms with E-state index in [2.05, 4.69) is 9.84 Å². The van der Waals surface area contributed by atoms with E-state index in [0.29, 0.717) is 5.92 Å². The normalized spacial score (nSPS) is 17.5. The average molecular weight is 210 g/mol. The molecule has 0 bridgehead atoms. The molecule has 15 heavy (non-hydrogen) atoms. The van der Waals surface area contributed by atoms with Gasteiger partial charge in [-0.25, -0.2) is 9.48 Å². The van der Waals surface area contributed by atoms with Gasteiger partial charge in [0.05, 0.1) is 7.11 Å². The van der Waals surface area contributed by atoms with Crippen molar-refractivity contribution < 1.29 is 9.53 Å². The molecule has 1 aromatic rings. The molecule has 5 heteroatoms. The molecule has 5 nitrogen and oxygen atoms in total. The molecule has 1 saturated carbocycles. The molecular formula is C10H14N2O3. The van der Waals surface area contributed by atoms with Crippen molar-refractivity contribution in [3.05, 3.63) is 22.1 Å². The highest BCUT2D eigenvalue weighted by molar-refractivity contribution is 5.73. The highest BCUT2D eigenvalue weighted by Gasteiger charge is 2.27. The molecule has 0 aromatic carbocycles. The monoisotopic (exact) mass is 210 g/mol. The summed E-state index contributed by atoms with van der Waals surface area (Å²) in [5.41, 5.74) is 0.755. The number of carbonyl (C=O) groups is 1. The van der Waals surface area contributed by atoms with Crippen molar-refractivity contribution in [1.82, 2.24) is 9.78 Å². The molecule has 1 aliphatic carbocycles. The standard InChI is InChI=1S/C10H14N2O3/c1-6(10(14)15-2)12-9(13)5-8(11-12)7-3-4-7/h5-7,11H,3-4H2,1-2H3/t6-/m1/s1. The number of hydrogen-bond donors (Lipinski definition) is 1. The lowest BCUT2D eigenvalue weighted by molar-refractivity contribution is -0.144. The number of aromatic amines is 1. The van der Waals surface area contributed by atoms with Crippen molar-refractivity contribution in [3.63, 3.8) is 0 Å². The van der Waals surface area contributed by atoms with Gasteiger partial charge in [-0.3, -0.25) is 9.89 Å². The van der Waals surface area contributed by atoms with Gasteiger partial charge in [0, 0.05) is 17.7 Å². The van der Waals surface area contributed by atoms with Crippen LogP contribution in [-0.4, -0.2) is 22.9 Å². The maximum absolute atomic E-state index is 11.6. The second-order valence-electron chi connectivity index (χ2n) is 3.89. The van der Waals surface area contributed by atoms with Crippen LogP contribution in [0, 0.1) is 0 Å². The SMILES string of the molecule is COC(=O)[C@@H](C)n1[nH]c(C2CC2)cc1=O. The van der Waals surface area contributed by atoms with Crippen LogP contribution in [0.15, 0.2) is 10.9 Å². The van der Waals surface area contributed by atoms with Gasteiger partial charge in [-0.05, 0) is 19.8 Å². The van der Waals surface area contributed by atoms with Gasteiger partial charge in [0.25, 0.3) is 5.56 Å². The van der Waals surface area contributed by atoms with Crippen molar-refractivity contribution in [2.24, 2.45) is 0 Å². The fourth-order valence-corrected chi connectivity index (χ4v) is 1.60. The maximum Gasteiger partial charge on any atom is 0.330 e. The molecule has 0 radical (unpaired) electrons. The summed E-state index contributed by atoms with van der Waals surface area (Å²) in [5.74, 6) is 0.0603. The zero-order valence-corrected chi connectivity index (χ0v) is 8.82. The van der Waals surface area contributed by atoms with Gasteiger partial charge in [0.2, 0.25) is 0 Å². The number of H-pyrrole nitrogens is 1. The molecule has 1 fully saturated rings. The van der Waals surface area contributed by atoms with Crippen LogP contribution in [0.25, 0.3) is 0 Å². The number of carbonyl (C=O) groups excluding carboxylic acids is 1. The number of esters is 1. The largest absolute Gasteiger partial charge is 0.467 e. The number of ether oxygens (including phenoxy) is 1. The van der Waals surface area contributed by atoms with Crippen molar-refractivity contribution in [3.8, 4) is 0 Å². The Morgan fingerprint density at radius 1 is 1.67 bits per heavy atom. The highest BCUT2D eigenvalue weighted by Crippen LogP contribution is 2.38. The third-order valence-electron chi connectivity index (χ3n) is 2.71. The van der Waals surface area contributed by atoms with Gasteiger partial charge in [-0.2, -0.15) is 0 Å². The van der Waals surface area contributed by atoms with E-state index in [4.69, 9.17) is 0 Å². The molecule has 1 N–H and O–H groups in total. The zero-order valence-electron chi connectivity index (χ0n) is 8.82. The Kier molecular flexibility index (Phi) is 2.38. The Morgan fingerprint density at radius 2 is 2.33 bits per heavy atom. The second-order valence-corrected chi connectivity index (χ2v) is 3.89. The Balaban J connectivity index is 2.27. The van der Waals surface area contributed by atoms with E-state index in [9.17, 15) is 9.59 Å². The van der Waals surface area contributed by atoms with Gasteiger partial charge in [0.1, 0.15) is 6.04 Å². The molecule has 1 heterocycles. The van der Waals surface area contributed by atoms with Gasteiger partial charge < -0.3 is 4.74 Å². The van der Waals surface area contributed by atoms with E-state index in [1.807, 2.05) is 0 Å². The van der Waals surface area contributed by atoms with Gasteiger partial charge in [-0.1, -0.05) is 0 Å². The van der Waals surface area contributed by atoms with E-state index < -0.39 is 12.0 Å². The van der Waals surface area contributed by atoms with Crippen molar-refractivity contribution in [2.45, 2.75) is 31.7 Å². The first kappa shape index (κ1) is 10.0. The third kappa shape index (κ3) is 1.82. The molecule has 1 aromatic heterocycles. The minimum atomic E-state index is -0.588. The summed E-state index contributed by atoms with van der Waals surface area (Å²) in [4.78, 5) is 22.8. The summed E-state index contributed by atoms with van der Waals surface area (Å²) >= 11 is 0. The first-order valence-electron chi connectivity index (χ1n) is 5.02. The number of methoxy groups -OCH3 is 1. The molecule has 0 spiro atoms. The number of nitrogens with one attached hydrogen (secondary N) is 1. The first-order valence-corrected chi connectivity index (χ1v) is 5.02. The molecule has 1 aliphatic rings. The van der Waals surface area contributed by atoms with Crippen LogP contribution < -0.4 is 5.56 Å². The Labute approximate surface area is 87.0 Å². The summed E-state index contributed by atoms with van der Waals surface area (Å²) in [6, 6.07) is 0.979. The highest BCUT2D eigenvalue weighted by atomic mass is 16.5. The van der Waals surface area contributed by atoms with Crippen LogP contribution in [0.3, 0.4) is 0 Å². The van der Waals surface area contributed by atoms with Crippen molar-refractivity contribution in [1.29, 1.82) is 0 Å². The Hall–Kier alpha value is -1.52. The number of nitrogens with zero attached hydrogens (tertiary/aromatic N) is 1. The van der Waals surface area contributed by atoms with Crippen LogP contribution >= 0.6 is 0 Å². The summed E-state index contributed by atoms with van der Waals surface area (Å²) in [6.07, 6.45) is 2.24. The first-order chi connectivity index (χ1) is 7.13. The van der Waals surface area contributed by atoms with Crippen LogP contribution in [0.5, 0.6) is 0 Å². The van der Waals surface area contributed by atoms with E-state index >= 15 is 0 Å². The molecule has 0 unspecified atom stereocenters. The predicted octanol–water partition coefficient (Wildman–Crippen LogP) is 0.788. The van der Waals surface area contributed by atoms with Gasteiger partial charge in [0.15, 0.2) is 0 Å².